The van der Waals surface area contributed by atoms with Crippen LogP contribution in [-0.4, -0.2) is 17.5 Å². The first-order valence-corrected chi connectivity index (χ1v) is 5.53. The van der Waals surface area contributed by atoms with Gasteiger partial charge in [0.2, 0.25) is 5.82 Å². The number of halogens is 2. The van der Waals surface area contributed by atoms with Gasteiger partial charge in [-0.1, -0.05) is 0 Å². The van der Waals surface area contributed by atoms with Crippen molar-refractivity contribution < 1.29 is 18.8 Å². The van der Waals surface area contributed by atoms with Crippen molar-refractivity contribution >= 4 is 27.6 Å². The van der Waals surface area contributed by atoms with Crippen LogP contribution < -0.4 is 0 Å². The van der Waals surface area contributed by atoms with Gasteiger partial charge in [-0.15, -0.1) is 0 Å². The predicted octanol–water partition coefficient (Wildman–Crippen LogP) is 2.60. The van der Waals surface area contributed by atoms with Gasteiger partial charge in [0.15, 0.2) is 0 Å². The van der Waals surface area contributed by atoms with Crippen molar-refractivity contribution in [1.82, 2.24) is 0 Å². The lowest BCUT2D eigenvalue weighted by Gasteiger charge is -2.04. The lowest BCUT2D eigenvalue weighted by molar-refractivity contribution is -0.387. The maximum absolute atomic E-state index is 13.3. The number of nitro groups is 1. The van der Waals surface area contributed by atoms with Gasteiger partial charge in [0.25, 0.3) is 0 Å². The summed E-state index contributed by atoms with van der Waals surface area (Å²) in [6, 6.07) is 2.34. The second-order valence-electron chi connectivity index (χ2n) is 3.15. The van der Waals surface area contributed by atoms with E-state index in [0.29, 0.717) is 5.56 Å². The van der Waals surface area contributed by atoms with Crippen LogP contribution in [0.4, 0.5) is 10.1 Å². The fourth-order valence-corrected chi connectivity index (χ4v) is 1.74. The number of hydrogen-bond donors (Lipinski definition) is 0. The first-order chi connectivity index (χ1) is 7.95. The molecule has 1 aromatic carbocycles. The van der Waals surface area contributed by atoms with Crippen molar-refractivity contribution in [1.29, 1.82) is 0 Å². The Kier molecular flexibility index (Phi) is 4.56. The SMILES string of the molecule is CCOC(=O)Cc1cc(Br)c(F)c([N+](=O)[O-])c1. The van der Waals surface area contributed by atoms with E-state index in [4.69, 9.17) is 4.74 Å². The fourth-order valence-electron chi connectivity index (χ4n) is 1.24. The Morgan fingerprint density at radius 1 is 1.59 bits per heavy atom. The lowest BCUT2D eigenvalue weighted by Crippen LogP contribution is -2.08. The highest BCUT2D eigenvalue weighted by Crippen LogP contribution is 2.27. The topological polar surface area (TPSA) is 69.4 Å². The highest BCUT2D eigenvalue weighted by atomic mass is 79.9. The van der Waals surface area contributed by atoms with E-state index in [-0.39, 0.29) is 17.5 Å². The Morgan fingerprint density at radius 3 is 2.76 bits per heavy atom. The number of nitrogens with zero attached hydrogens (tertiary/aromatic N) is 1. The van der Waals surface area contributed by atoms with Crippen LogP contribution in [0.1, 0.15) is 12.5 Å². The average molecular weight is 306 g/mol. The summed E-state index contributed by atoms with van der Waals surface area (Å²) >= 11 is 2.86. The smallest absolute Gasteiger partial charge is 0.310 e. The fraction of sp³-hybridized carbons (Fsp3) is 0.300. The van der Waals surface area contributed by atoms with Crippen molar-refractivity contribution in [3.63, 3.8) is 0 Å². The molecule has 0 aliphatic rings. The molecule has 5 nitrogen and oxygen atoms in total. The highest BCUT2D eigenvalue weighted by molar-refractivity contribution is 9.10. The van der Waals surface area contributed by atoms with Gasteiger partial charge in [0.1, 0.15) is 0 Å². The minimum Gasteiger partial charge on any atom is -0.466 e. The van der Waals surface area contributed by atoms with E-state index in [0.717, 1.165) is 6.07 Å². The van der Waals surface area contributed by atoms with Crippen LogP contribution in [0.5, 0.6) is 0 Å². The molecule has 0 saturated carbocycles. The molecule has 0 aliphatic carbocycles. The number of ether oxygens (including phenoxy) is 1. The van der Waals surface area contributed by atoms with Gasteiger partial charge >= 0.3 is 11.7 Å². The molecular formula is C10H9BrFNO4. The molecule has 0 bridgehead atoms. The van der Waals surface area contributed by atoms with E-state index in [1.807, 2.05) is 0 Å². The first kappa shape index (κ1) is 13.6. The average Bonchev–Trinajstić information content (AvgIpc) is 2.23. The summed E-state index contributed by atoms with van der Waals surface area (Å²) in [5.41, 5.74) is -0.345. The quantitative estimate of drug-likeness (QED) is 0.487. The minimum absolute atomic E-state index is 0.0500. The summed E-state index contributed by atoms with van der Waals surface area (Å²) in [5, 5.41) is 10.6. The highest BCUT2D eigenvalue weighted by Gasteiger charge is 2.19. The third-order valence-corrected chi connectivity index (χ3v) is 2.50. The van der Waals surface area contributed by atoms with E-state index >= 15 is 0 Å². The number of rotatable bonds is 4. The van der Waals surface area contributed by atoms with E-state index in [2.05, 4.69) is 15.9 Å². The predicted molar refractivity (Wildman–Crippen MR) is 61.1 cm³/mol. The summed E-state index contributed by atoms with van der Waals surface area (Å²) in [5.74, 6) is -1.47. The zero-order valence-corrected chi connectivity index (χ0v) is 10.5. The Bertz CT molecular complexity index is 464. The molecule has 0 unspecified atom stereocenters. The van der Waals surface area contributed by atoms with Gasteiger partial charge in [0, 0.05) is 6.07 Å². The summed E-state index contributed by atoms with van der Waals surface area (Å²) < 4.78 is 18.0. The van der Waals surface area contributed by atoms with E-state index in [9.17, 15) is 19.3 Å². The van der Waals surface area contributed by atoms with E-state index in [1.165, 1.54) is 6.07 Å². The molecule has 0 aliphatic heterocycles. The molecule has 0 N–H and O–H groups in total. The van der Waals surface area contributed by atoms with Gasteiger partial charge in [0.05, 0.1) is 22.4 Å². The molecule has 0 radical (unpaired) electrons. The van der Waals surface area contributed by atoms with Gasteiger partial charge < -0.3 is 4.74 Å². The minimum atomic E-state index is -0.956. The molecule has 0 atom stereocenters. The maximum atomic E-state index is 13.3. The van der Waals surface area contributed by atoms with Gasteiger partial charge in [-0.25, -0.2) is 0 Å². The van der Waals surface area contributed by atoms with E-state index in [1.54, 1.807) is 6.92 Å². The second kappa shape index (κ2) is 5.72. The Labute approximate surface area is 105 Å². The molecule has 0 heterocycles. The largest absolute Gasteiger partial charge is 0.466 e. The van der Waals surface area contributed by atoms with Gasteiger partial charge in [-0.2, -0.15) is 4.39 Å². The number of benzene rings is 1. The van der Waals surface area contributed by atoms with Crippen LogP contribution in [0, 0.1) is 15.9 Å². The molecule has 92 valence electrons. The molecule has 0 saturated heterocycles. The maximum Gasteiger partial charge on any atom is 0.310 e. The Balaban J connectivity index is 3.02. The van der Waals surface area contributed by atoms with Crippen LogP contribution in [0.3, 0.4) is 0 Å². The van der Waals surface area contributed by atoms with Crippen molar-refractivity contribution in [2.24, 2.45) is 0 Å². The third kappa shape index (κ3) is 3.48. The van der Waals surface area contributed by atoms with Crippen molar-refractivity contribution in [2.75, 3.05) is 6.61 Å². The molecule has 0 aromatic heterocycles. The van der Waals surface area contributed by atoms with Crippen molar-refractivity contribution in [3.8, 4) is 0 Å². The lowest BCUT2D eigenvalue weighted by atomic mass is 10.1. The molecule has 1 rings (SSSR count). The number of carbonyl (C=O) groups excluding carboxylic acids is 1. The number of esters is 1. The molecule has 1 aromatic rings. The monoisotopic (exact) mass is 305 g/mol. The summed E-state index contributed by atoms with van der Waals surface area (Å²) in [6.45, 7) is 1.88. The van der Waals surface area contributed by atoms with Crippen LogP contribution in [0.15, 0.2) is 16.6 Å². The van der Waals surface area contributed by atoms with Crippen LogP contribution >= 0.6 is 15.9 Å². The Morgan fingerprint density at radius 2 is 2.24 bits per heavy atom. The standard InChI is InChI=1S/C10H9BrFNO4/c1-2-17-9(14)5-6-3-7(11)10(12)8(4-6)13(15)16/h3-4H,2,5H2,1H3. The summed E-state index contributed by atoms with van der Waals surface area (Å²) in [4.78, 5) is 20.9. The number of carbonyl (C=O) groups is 1. The summed E-state index contributed by atoms with van der Waals surface area (Å²) in [7, 11) is 0. The van der Waals surface area contributed by atoms with Gasteiger partial charge in [-0.05, 0) is 34.5 Å². The Hall–Kier alpha value is -1.50. The van der Waals surface area contributed by atoms with Crippen molar-refractivity contribution in [2.45, 2.75) is 13.3 Å². The zero-order valence-electron chi connectivity index (χ0n) is 8.91. The van der Waals surface area contributed by atoms with Crippen LogP contribution in [0.2, 0.25) is 0 Å². The van der Waals surface area contributed by atoms with E-state index < -0.39 is 22.4 Å². The molecular weight excluding hydrogens is 297 g/mol. The molecule has 0 amide bonds. The normalized spacial score (nSPS) is 10.1. The van der Waals surface area contributed by atoms with Gasteiger partial charge in [-0.3, -0.25) is 14.9 Å². The summed E-state index contributed by atoms with van der Waals surface area (Å²) in [6.07, 6.45) is -0.131. The molecule has 0 fully saturated rings. The van der Waals surface area contributed by atoms with Crippen LogP contribution in [-0.2, 0) is 16.0 Å². The zero-order chi connectivity index (χ0) is 13.0. The number of nitro benzene ring substituents is 1. The number of hydrogen-bond acceptors (Lipinski definition) is 4. The van der Waals surface area contributed by atoms with Crippen molar-refractivity contribution in [3.05, 3.63) is 38.1 Å². The second-order valence-corrected chi connectivity index (χ2v) is 4.00. The molecule has 7 heteroatoms. The molecule has 17 heavy (non-hydrogen) atoms. The molecule has 0 spiro atoms. The third-order valence-electron chi connectivity index (χ3n) is 1.92. The van der Waals surface area contributed by atoms with Crippen LogP contribution in [0.25, 0.3) is 0 Å². The first-order valence-electron chi connectivity index (χ1n) is 4.73.